The zero-order chi connectivity index (χ0) is 20.4. The third-order valence-electron chi connectivity index (χ3n) is 5.26. The van der Waals surface area contributed by atoms with Gasteiger partial charge in [-0.25, -0.2) is 0 Å². The molecule has 1 aromatic carbocycles. The van der Waals surface area contributed by atoms with Gasteiger partial charge in [0.1, 0.15) is 5.75 Å². The van der Waals surface area contributed by atoms with Crippen molar-refractivity contribution in [1.82, 2.24) is 19.7 Å². The van der Waals surface area contributed by atoms with Crippen LogP contribution in [0, 0.1) is 0 Å². The number of carbonyl (C=O) groups excluding carboxylic acids is 1. The van der Waals surface area contributed by atoms with Crippen molar-refractivity contribution in [1.29, 1.82) is 0 Å². The summed E-state index contributed by atoms with van der Waals surface area (Å²) in [4.78, 5) is 19.6. The number of aromatic nitrogens is 3. The summed E-state index contributed by atoms with van der Waals surface area (Å²) in [6.45, 7) is 4.01. The maximum absolute atomic E-state index is 13.3. The summed E-state index contributed by atoms with van der Waals surface area (Å²) in [7, 11) is 1.63. The van der Waals surface area contributed by atoms with Gasteiger partial charge in [-0.1, -0.05) is 15.9 Å². The zero-order valence-corrected chi connectivity index (χ0v) is 18.1. The van der Waals surface area contributed by atoms with Crippen LogP contribution in [0.5, 0.6) is 5.75 Å². The summed E-state index contributed by atoms with van der Waals surface area (Å²) in [5.74, 6) is 0.791. The largest absolute Gasteiger partial charge is 0.497 e. The fraction of sp³-hybridized carbons (Fsp3) is 0.318. The van der Waals surface area contributed by atoms with Crippen molar-refractivity contribution in [3.63, 3.8) is 0 Å². The van der Waals surface area contributed by atoms with Gasteiger partial charge in [0, 0.05) is 48.0 Å². The molecule has 150 valence electrons. The summed E-state index contributed by atoms with van der Waals surface area (Å²) in [6.07, 6.45) is 6.45. The molecular formula is C22H23BrN4O2. The molecular weight excluding hydrogens is 432 g/mol. The number of alkyl halides is 1. The van der Waals surface area contributed by atoms with Crippen LogP contribution in [0.3, 0.4) is 0 Å². The number of hydrogen-bond donors (Lipinski definition) is 0. The number of pyridine rings is 1. The molecule has 29 heavy (non-hydrogen) atoms. The van der Waals surface area contributed by atoms with E-state index in [-0.39, 0.29) is 5.91 Å². The first-order valence-corrected chi connectivity index (χ1v) is 10.8. The van der Waals surface area contributed by atoms with Crippen molar-refractivity contribution in [3.8, 4) is 16.9 Å². The highest BCUT2D eigenvalue weighted by Gasteiger charge is 2.28. The lowest BCUT2D eigenvalue weighted by atomic mass is 9.89. The van der Waals surface area contributed by atoms with Crippen LogP contribution in [0.2, 0.25) is 0 Å². The molecule has 0 saturated carbocycles. The molecule has 0 aliphatic carbocycles. The Labute approximate surface area is 178 Å². The van der Waals surface area contributed by atoms with E-state index in [9.17, 15) is 4.79 Å². The monoisotopic (exact) mass is 454 g/mol. The highest BCUT2D eigenvalue weighted by molar-refractivity contribution is 9.08. The molecule has 0 saturated heterocycles. The van der Waals surface area contributed by atoms with Crippen LogP contribution >= 0.6 is 15.9 Å². The van der Waals surface area contributed by atoms with Gasteiger partial charge < -0.3 is 9.64 Å². The predicted octanol–water partition coefficient (Wildman–Crippen LogP) is 4.07. The third-order valence-corrected chi connectivity index (χ3v) is 5.91. The van der Waals surface area contributed by atoms with Gasteiger partial charge >= 0.3 is 0 Å². The first-order valence-electron chi connectivity index (χ1n) is 9.65. The van der Waals surface area contributed by atoms with Crippen LogP contribution < -0.4 is 4.74 Å². The molecule has 2 aromatic heterocycles. The summed E-state index contributed by atoms with van der Waals surface area (Å²) < 4.78 is 7.19. The summed E-state index contributed by atoms with van der Waals surface area (Å²) in [6, 6.07) is 7.85. The third kappa shape index (κ3) is 3.92. The molecule has 1 aliphatic heterocycles. The smallest absolute Gasteiger partial charge is 0.254 e. The number of aryl methyl sites for hydroxylation is 1. The lowest BCUT2D eigenvalue weighted by Crippen LogP contribution is -2.37. The molecule has 1 amide bonds. The molecule has 3 heterocycles. The van der Waals surface area contributed by atoms with Gasteiger partial charge in [0.2, 0.25) is 0 Å². The van der Waals surface area contributed by atoms with Crippen LogP contribution in [-0.2, 0) is 24.8 Å². The number of carbonyl (C=O) groups is 1. The van der Waals surface area contributed by atoms with Crippen LogP contribution in [0.4, 0.5) is 0 Å². The molecule has 0 bridgehead atoms. The van der Waals surface area contributed by atoms with Gasteiger partial charge in [-0.3, -0.25) is 14.5 Å². The van der Waals surface area contributed by atoms with Gasteiger partial charge in [0.25, 0.3) is 5.91 Å². The molecule has 4 rings (SSSR count). The maximum Gasteiger partial charge on any atom is 0.254 e. The fourth-order valence-electron chi connectivity index (χ4n) is 3.74. The van der Waals surface area contributed by atoms with Crippen molar-refractivity contribution in [2.45, 2.75) is 31.8 Å². The van der Waals surface area contributed by atoms with Gasteiger partial charge in [0.05, 0.1) is 25.5 Å². The van der Waals surface area contributed by atoms with E-state index in [1.807, 2.05) is 40.2 Å². The van der Waals surface area contributed by atoms with E-state index in [0.717, 1.165) is 52.2 Å². The SMILES string of the molecule is CCn1cc(-c2cc(CBr)cc3c2CCN(Cc2cc(OC)ccn2)C3=O)cn1. The average molecular weight is 455 g/mol. The number of nitrogens with zero attached hydrogens (tertiary/aromatic N) is 4. The Morgan fingerprint density at radius 3 is 2.79 bits per heavy atom. The van der Waals surface area contributed by atoms with Crippen LogP contribution in [0.25, 0.3) is 11.1 Å². The molecule has 0 radical (unpaired) electrons. The Kier molecular flexibility index (Phi) is 5.67. The maximum atomic E-state index is 13.3. The average Bonchev–Trinajstić information content (AvgIpc) is 3.24. The zero-order valence-electron chi connectivity index (χ0n) is 16.6. The van der Waals surface area contributed by atoms with Gasteiger partial charge in [-0.05, 0) is 48.2 Å². The van der Waals surface area contributed by atoms with Crippen molar-refractivity contribution < 1.29 is 9.53 Å². The summed E-state index contributed by atoms with van der Waals surface area (Å²) in [5.41, 5.74) is 5.94. The second-order valence-corrected chi connectivity index (χ2v) is 7.61. The molecule has 0 atom stereocenters. The number of fused-ring (bicyclic) bond motifs is 1. The Hall–Kier alpha value is -2.67. The van der Waals surface area contributed by atoms with Gasteiger partial charge in [-0.15, -0.1) is 0 Å². The van der Waals surface area contributed by atoms with Crippen molar-refractivity contribution in [3.05, 3.63) is 65.2 Å². The quantitative estimate of drug-likeness (QED) is 0.526. The minimum atomic E-state index is 0.0443. The van der Waals surface area contributed by atoms with Crippen molar-refractivity contribution in [2.75, 3.05) is 13.7 Å². The molecule has 0 N–H and O–H groups in total. The van der Waals surface area contributed by atoms with E-state index in [1.54, 1.807) is 13.3 Å². The highest BCUT2D eigenvalue weighted by atomic mass is 79.9. The Morgan fingerprint density at radius 1 is 1.24 bits per heavy atom. The van der Waals surface area contributed by atoms with E-state index in [2.05, 4.69) is 39.0 Å². The molecule has 0 spiro atoms. The standard InChI is InChI=1S/C22H23BrN4O2/c1-3-27-13-16(12-25-27)20-8-15(11-23)9-21-19(20)5-7-26(22(21)28)14-17-10-18(29-2)4-6-24-17/h4,6,8-10,12-13H,3,5,7,11,14H2,1-2H3. The minimum absolute atomic E-state index is 0.0443. The number of benzene rings is 1. The second kappa shape index (κ2) is 8.37. The first kappa shape index (κ1) is 19.6. The summed E-state index contributed by atoms with van der Waals surface area (Å²) in [5, 5.41) is 5.11. The number of methoxy groups -OCH3 is 1. The molecule has 1 aliphatic rings. The lowest BCUT2D eigenvalue weighted by molar-refractivity contribution is 0.0725. The van der Waals surface area contributed by atoms with E-state index >= 15 is 0 Å². The van der Waals surface area contributed by atoms with Crippen molar-refractivity contribution >= 4 is 21.8 Å². The predicted molar refractivity (Wildman–Crippen MR) is 115 cm³/mol. The molecule has 6 nitrogen and oxygen atoms in total. The minimum Gasteiger partial charge on any atom is -0.497 e. The van der Waals surface area contributed by atoms with Gasteiger partial charge in [0.15, 0.2) is 0 Å². The van der Waals surface area contributed by atoms with Crippen LogP contribution in [0.15, 0.2) is 42.9 Å². The Balaban J connectivity index is 1.68. The molecule has 0 fully saturated rings. The number of halogens is 1. The van der Waals surface area contributed by atoms with E-state index in [1.165, 1.54) is 0 Å². The number of rotatable bonds is 6. The second-order valence-electron chi connectivity index (χ2n) is 7.05. The summed E-state index contributed by atoms with van der Waals surface area (Å²) >= 11 is 3.55. The number of ether oxygens (including phenoxy) is 1. The van der Waals surface area contributed by atoms with Crippen LogP contribution in [0.1, 0.15) is 34.1 Å². The van der Waals surface area contributed by atoms with Gasteiger partial charge in [-0.2, -0.15) is 5.10 Å². The molecule has 3 aromatic rings. The highest BCUT2D eigenvalue weighted by Crippen LogP contribution is 2.33. The Bertz CT molecular complexity index is 1050. The Morgan fingerprint density at radius 2 is 2.07 bits per heavy atom. The molecule has 0 unspecified atom stereocenters. The number of amides is 1. The number of hydrogen-bond acceptors (Lipinski definition) is 4. The van der Waals surface area contributed by atoms with Crippen LogP contribution in [-0.4, -0.2) is 39.2 Å². The van der Waals surface area contributed by atoms with Crippen molar-refractivity contribution in [2.24, 2.45) is 0 Å². The first-order chi connectivity index (χ1) is 14.1. The van der Waals surface area contributed by atoms with E-state index < -0.39 is 0 Å². The normalized spacial score (nSPS) is 13.5. The van der Waals surface area contributed by atoms with E-state index in [4.69, 9.17) is 4.74 Å². The molecule has 7 heteroatoms. The van der Waals surface area contributed by atoms with E-state index in [0.29, 0.717) is 18.4 Å². The lowest BCUT2D eigenvalue weighted by Gasteiger charge is -2.30. The topological polar surface area (TPSA) is 60.2 Å². The fourth-order valence-corrected chi connectivity index (χ4v) is 4.06.